The zero-order valence-corrected chi connectivity index (χ0v) is 17.4. The van der Waals surface area contributed by atoms with Crippen LogP contribution in [-0.2, 0) is 0 Å². The van der Waals surface area contributed by atoms with Gasteiger partial charge in [-0.1, -0.05) is 11.6 Å². The lowest BCUT2D eigenvalue weighted by molar-refractivity contribution is 0.174. The SMILES string of the molecule is O=C(Nc1ccc(Cl)cc1)N1CCN(c2ccc(-c3ccc4c(c3)OCO4)nn2)CC1. The van der Waals surface area contributed by atoms with Crippen LogP contribution < -0.4 is 19.7 Å². The van der Waals surface area contributed by atoms with Crippen LogP contribution in [-0.4, -0.2) is 54.1 Å². The van der Waals surface area contributed by atoms with Gasteiger partial charge in [0.1, 0.15) is 0 Å². The molecule has 0 unspecified atom stereocenters. The van der Waals surface area contributed by atoms with Gasteiger partial charge in [0.2, 0.25) is 6.79 Å². The second-order valence-electron chi connectivity index (χ2n) is 7.26. The van der Waals surface area contributed by atoms with Crippen LogP contribution >= 0.6 is 11.6 Å². The van der Waals surface area contributed by atoms with Crippen molar-refractivity contribution in [2.75, 3.05) is 43.2 Å². The maximum absolute atomic E-state index is 12.5. The second kappa shape index (κ2) is 8.31. The van der Waals surface area contributed by atoms with Gasteiger partial charge in [0, 0.05) is 42.5 Å². The number of benzene rings is 2. The Kier molecular flexibility index (Phi) is 5.21. The number of piperazine rings is 1. The minimum absolute atomic E-state index is 0.119. The largest absolute Gasteiger partial charge is 0.454 e. The van der Waals surface area contributed by atoms with Crippen LogP contribution in [0.15, 0.2) is 54.6 Å². The van der Waals surface area contributed by atoms with Crippen molar-refractivity contribution in [1.82, 2.24) is 15.1 Å². The molecule has 8 nitrogen and oxygen atoms in total. The Bertz CT molecular complexity index is 1080. The van der Waals surface area contributed by atoms with E-state index in [0.29, 0.717) is 31.2 Å². The molecule has 0 spiro atoms. The average molecular weight is 438 g/mol. The number of nitrogens with one attached hydrogen (secondary N) is 1. The smallest absolute Gasteiger partial charge is 0.321 e. The molecule has 3 aromatic rings. The van der Waals surface area contributed by atoms with Crippen LogP contribution in [0, 0.1) is 0 Å². The standard InChI is InChI=1S/C22H20ClN5O3/c23-16-2-4-17(5-3-16)24-22(29)28-11-9-27(10-12-28)21-8-6-18(25-26-21)15-1-7-19-20(13-15)31-14-30-19/h1-8,13H,9-12,14H2,(H,24,29). The van der Waals surface area contributed by atoms with Gasteiger partial charge < -0.3 is 24.6 Å². The summed E-state index contributed by atoms with van der Waals surface area (Å²) in [6.07, 6.45) is 0. The average Bonchev–Trinajstić information content (AvgIpc) is 3.29. The Morgan fingerprint density at radius 1 is 0.903 bits per heavy atom. The third kappa shape index (κ3) is 4.20. The molecule has 158 valence electrons. The third-order valence-corrected chi connectivity index (χ3v) is 5.56. The number of carbonyl (C=O) groups excluding carboxylic acids is 1. The third-order valence-electron chi connectivity index (χ3n) is 5.31. The molecule has 9 heteroatoms. The van der Waals surface area contributed by atoms with E-state index in [9.17, 15) is 4.79 Å². The molecular weight excluding hydrogens is 418 g/mol. The van der Waals surface area contributed by atoms with E-state index in [1.807, 2.05) is 30.3 Å². The van der Waals surface area contributed by atoms with E-state index in [4.69, 9.17) is 21.1 Å². The number of carbonyl (C=O) groups is 1. The first kappa shape index (κ1) is 19.4. The number of nitrogens with zero attached hydrogens (tertiary/aromatic N) is 4. The summed E-state index contributed by atoms with van der Waals surface area (Å²) in [4.78, 5) is 16.4. The fraction of sp³-hybridized carbons (Fsp3) is 0.227. The van der Waals surface area contributed by atoms with Crippen LogP contribution in [0.25, 0.3) is 11.3 Å². The highest BCUT2D eigenvalue weighted by Crippen LogP contribution is 2.35. The summed E-state index contributed by atoms with van der Waals surface area (Å²) in [5.74, 6) is 2.25. The highest BCUT2D eigenvalue weighted by molar-refractivity contribution is 6.30. The minimum atomic E-state index is -0.119. The van der Waals surface area contributed by atoms with Crippen molar-refractivity contribution in [3.05, 3.63) is 59.6 Å². The summed E-state index contributed by atoms with van der Waals surface area (Å²) in [6.45, 7) is 2.82. The highest BCUT2D eigenvalue weighted by atomic mass is 35.5. The van der Waals surface area contributed by atoms with E-state index < -0.39 is 0 Å². The predicted octanol–water partition coefficient (Wildman–Crippen LogP) is 3.88. The van der Waals surface area contributed by atoms with E-state index in [1.165, 1.54) is 0 Å². The van der Waals surface area contributed by atoms with E-state index in [0.717, 1.165) is 34.3 Å². The number of halogens is 1. The van der Waals surface area contributed by atoms with Crippen molar-refractivity contribution in [2.45, 2.75) is 0 Å². The molecule has 1 aromatic heterocycles. The summed E-state index contributed by atoms with van der Waals surface area (Å²) >= 11 is 5.89. The normalized spacial score (nSPS) is 15.1. The Morgan fingerprint density at radius 3 is 2.42 bits per heavy atom. The van der Waals surface area contributed by atoms with Crippen molar-refractivity contribution >= 4 is 29.1 Å². The Labute approximate surface area is 184 Å². The molecule has 2 amide bonds. The summed E-state index contributed by atoms with van der Waals surface area (Å²) in [5, 5.41) is 12.3. The number of rotatable bonds is 3. The van der Waals surface area contributed by atoms with Gasteiger partial charge in [-0.25, -0.2) is 4.79 Å². The fourth-order valence-electron chi connectivity index (χ4n) is 3.58. The molecule has 0 radical (unpaired) electrons. The lowest BCUT2D eigenvalue weighted by atomic mass is 10.1. The van der Waals surface area contributed by atoms with Gasteiger partial charge in [-0.2, -0.15) is 0 Å². The van der Waals surface area contributed by atoms with Gasteiger partial charge >= 0.3 is 6.03 Å². The molecule has 1 N–H and O–H groups in total. The van der Waals surface area contributed by atoms with E-state index in [2.05, 4.69) is 20.4 Å². The maximum Gasteiger partial charge on any atom is 0.321 e. The van der Waals surface area contributed by atoms with E-state index in [1.54, 1.807) is 29.2 Å². The monoisotopic (exact) mass is 437 g/mol. The Balaban J connectivity index is 1.19. The molecule has 2 aliphatic rings. The molecule has 2 aromatic carbocycles. The zero-order chi connectivity index (χ0) is 21.2. The van der Waals surface area contributed by atoms with Gasteiger partial charge in [-0.15, -0.1) is 10.2 Å². The quantitative estimate of drug-likeness (QED) is 0.669. The lowest BCUT2D eigenvalue weighted by Gasteiger charge is -2.35. The van der Waals surface area contributed by atoms with E-state index >= 15 is 0 Å². The number of amides is 2. The van der Waals surface area contributed by atoms with Gasteiger partial charge in [-0.3, -0.25) is 0 Å². The number of aromatic nitrogens is 2. The Morgan fingerprint density at radius 2 is 1.68 bits per heavy atom. The Hall–Kier alpha value is -3.52. The van der Waals surface area contributed by atoms with Crippen LogP contribution in [0.1, 0.15) is 0 Å². The highest BCUT2D eigenvalue weighted by Gasteiger charge is 2.22. The first-order valence-corrected chi connectivity index (χ1v) is 10.3. The number of hydrogen-bond donors (Lipinski definition) is 1. The number of hydrogen-bond acceptors (Lipinski definition) is 6. The molecule has 1 fully saturated rings. The molecule has 3 heterocycles. The van der Waals surface area contributed by atoms with Crippen molar-refractivity contribution in [2.24, 2.45) is 0 Å². The molecule has 1 saturated heterocycles. The summed E-state index contributed by atoms with van der Waals surface area (Å²) in [7, 11) is 0. The van der Waals surface area contributed by atoms with Crippen LogP contribution in [0.4, 0.5) is 16.3 Å². The predicted molar refractivity (Wildman–Crippen MR) is 118 cm³/mol. The van der Waals surface area contributed by atoms with Gasteiger partial charge in [0.25, 0.3) is 0 Å². The topological polar surface area (TPSA) is 79.8 Å². The van der Waals surface area contributed by atoms with Crippen molar-refractivity contribution in [3.8, 4) is 22.8 Å². The van der Waals surface area contributed by atoms with Gasteiger partial charge in [-0.05, 0) is 54.6 Å². The van der Waals surface area contributed by atoms with Crippen LogP contribution in [0.2, 0.25) is 5.02 Å². The number of anilines is 2. The lowest BCUT2D eigenvalue weighted by Crippen LogP contribution is -2.50. The number of fused-ring (bicyclic) bond motifs is 1. The number of urea groups is 1. The van der Waals surface area contributed by atoms with E-state index in [-0.39, 0.29) is 12.8 Å². The molecule has 2 aliphatic heterocycles. The molecule has 0 atom stereocenters. The zero-order valence-electron chi connectivity index (χ0n) is 16.6. The molecule has 0 saturated carbocycles. The number of ether oxygens (including phenoxy) is 2. The second-order valence-corrected chi connectivity index (χ2v) is 7.69. The first-order valence-electron chi connectivity index (χ1n) is 9.96. The molecule has 0 aliphatic carbocycles. The molecule has 31 heavy (non-hydrogen) atoms. The first-order chi connectivity index (χ1) is 15.2. The molecule has 0 bridgehead atoms. The maximum atomic E-state index is 12.5. The van der Waals surface area contributed by atoms with Crippen LogP contribution in [0.5, 0.6) is 11.5 Å². The van der Waals surface area contributed by atoms with Crippen molar-refractivity contribution in [1.29, 1.82) is 0 Å². The summed E-state index contributed by atoms with van der Waals surface area (Å²) in [6, 6.07) is 16.6. The molecule has 5 rings (SSSR count). The molecular formula is C22H20ClN5O3. The van der Waals surface area contributed by atoms with Gasteiger partial charge in [0.05, 0.1) is 5.69 Å². The van der Waals surface area contributed by atoms with Crippen molar-refractivity contribution in [3.63, 3.8) is 0 Å². The minimum Gasteiger partial charge on any atom is -0.454 e. The van der Waals surface area contributed by atoms with Crippen molar-refractivity contribution < 1.29 is 14.3 Å². The fourth-order valence-corrected chi connectivity index (χ4v) is 3.70. The summed E-state index contributed by atoms with van der Waals surface area (Å²) in [5.41, 5.74) is 2.41. The van der Waals surface area contributed by atoms with Gasteiger partial charge in [0.15, 0.2) is 17.3 Å². The van der Waals surface area contributed by atoms with Crippen LogP contribution in [0.3, 0.4) is 0 Å². The summed E-state index contributed by atoms with van der Waals surface area (Å²) < 4.78 is 10.8.